The summed E-state index contributed by atoms with van der Waals surface area (Å²) in [4.78, 5) is 22.6. The molecule has 1 aromatic heterocycles. The van der Waals surface area contributed by atoms with Gasteiger partial charge in [0.1, 0.15) is 18.3 Å². The van der Waals surface area contributed by atoms with E-state index in [9.17, 15) is 9.18 Å². The van der Waals surface area contributed by atoms with Crippen LogP contribution in [0.25, 0.3) is 17.3 Å². The number of hydrogen-bond acceptors (Lipinski definition) is 4. The van der Waals surface area contributed by atoms with Crippen molar-refractivity contribution in [1.29, 1.82) is 0 Å². The minimum absolute atomic E-state index is 0.107. The summed E-state index contributed by atoms with van der Waals surface area (Å²) in [5.74, 6) is 1.11. The molecule has 0 spiro atoms. The van der Waals surface area contributed by atoms with Gasteiger partial charge in [0, 0.05) is 32.2 Å². The SMILES string of the molecule is C=N/C(=C\c1cc(-c2cnc(C)n2C)ccc1C)NC(=O)C1CN(CCF)C1. The van der Waals surface area contributed by atoms with Crippen molar-refractivity contribution in [3.05, 3.63) is 47.2 Å². The number of imidazole rings is 1. The van der Waals surface area contributed by atoms with Gasteiger partial charge in [0.2, 0.25) is 5.91 Å². The summed E-state index contributed by atoms with van der Waals surface area (Å²) >= 11 is 0. The molecule has 2 aromatic rings. The smallest absolute Gasteiger partial charge is 0.231 e. The fraction of sp³-hybridized carbons (Fsp3) is 0.381. The van der Waals surface area contributed by atoms with E-state index in [0.717, 1.165) is 28.2 Å². The number of amides is 1. The number of carbonyl (C=O) groups excluding carboxylic acids is 1. The van der Waals surface area contributed by atoms with Gasteiger partial charge < -0.3 is 9.88 Å². The highest BCUT2D eigenvalue weighted by atomic mass is 19.1. The number of aryl methyl sites for hydroxylation is 2. The number of rotatable bonds is 7. The van der Waals surface area contributed by atoms with Crippen LogP contribution in [-0.4, -0.2) is 53.4 Å². The van der Waals surface area contributed by atoms with Gasteiger partial charge in [-0.05, 0) is 43.8 Å². The average molecular weight is 383 g/mol. The first-order valence-corrected chi connectivity index (χ1v) is 9.30. The van der Waals surface area contributed by atoms with Crippen LogP contribution in [0.1, 0.15) is 17.0 Å². The Hall–Kier alpha value is -2.80. The molecule has 1 aliphatic heterocycles. The number of likely N-dealkylation sites (tertiary alicyclic amines) is 1. The maximum absolute atomic E-state index is 12.4. The van der Waals surface area contributed by atoms with Gasteiger partial charge in [-0.2, -0.15) is 0 Å². The van der Waals surface area contributed by atoms with E-state index in [4.69, 9.17) is 0 Å². The molecular formula is C21H26FN5O. The van der Waals surface area contributed by atoms with Crippen molar-refractivity contribution in [2.75, 3.05) is 26.3 Å². The lowest BCUT2D eigenvalue weighted by atomic mass is 9.99. The molecule has 0 unspecified atom stereocenters. The third-order valence-electron chi connectivity index (χ3n) is 5.24. The fourth-order valence-corrected chi connectivity index (χ4v) is 3.26. The average Bonchev–Trinajstić information content (AvgIpc) is 2.97. The van der Waals surface area contributed by atoms with Gasteiger partial charge in [-0.3, -0.25) is 9.69 Å². The van der Waals surface area contributed by atoms with Crippen LogP contribution in [0.2, 0.25) is 0 Å². The van der Waals surface area contributed by atoms with Crippen molar-refractivity contribution in [3.63, 3.8) is 0 Å². The van der Waals surface area contributed by atoms with Gasteiger partial charge in [0.15, 0.2) is 0 Å². The molecular weight excluding hydrogens is 357 g/mol. The van der Waals surface area contributed by atoms with Crippen molar-refractivity contribution in [1.82, 2.24) is 19.8 Å². The van der Waals surface area contributed by atoms with Crippen LogP contribution in [0.3, 0.4) is 0 Å². The number of nitrogens with one attached hydrogen (secondary N) is 1. The van der Waals surface area contributed by atoms with Crippen molar-refractivity contribution < 1.29 is 9.18 Å². The Balaban J connectivity index is 1.77. The van der Waals surface area contributed by atoms with Crippen molar-refractivity contribution in [2.45, 2.75) is 13.8 Å². The molecule has 1 aliphatic rings. The molecule has 1 N–H and O–H groups in total. The van der Waals surface area contributed by atoms with Gasteiger partial charge >= 0.3 is 0 Å². The number of benzene rings is 1. The normalized spacial score (nSPS) is 15.4. The summed E-state index contributed by atoms with van der Waals surface area (Å²) in [6, 6.07) is 6.14. The summed E-state index contributed by atoms with van der Waals surface area (Å²) in [5.41, 5.74) is 4.07. The summed E-state index contributed by atoms with van der Waals surface area (Å²) in [5, 5.41) is 2.84. The standard InChI is InChI=1S/C21H26FN5O/c1-14-5-6-16(19-11-24-15(2)26(19)4)9-17(14)10-20(23-3)25-21(28)18-12-27(13-18)8-7-22/h5-6,9-11,18H,3,7-8,12-13H2,1-2,4H3,(H,25,28)/b20-10+. The van der Waals surface area contributed by atoms with E-state index in [1.54, 1.807) is 0 Å². The summed E-state index contributed by atoms with van der Waals surface area (Å²) in [6.45, 7) is 8.69. The molecule has 0 saturated carbocycles. The Bertz CT molecular complexity index is 912. The van der Waals surface area contributed by atoms with Crippen LogP contribution in [-0.2, 0) is 11.8 Å². The van der Waals surface area contributed by atoms with Crippen molar-refractivity contribution in [2.24, 2.45) is 18.0 Å². The zero-order valence-electron chi connectivity index (χ0n) is 16.6. The quantitative estimate of drug-likeness (QED) is 0.748. The molecule has 0 bridgehead atoms. The zero-order chi connectivity index (χ0) is 20.3. The lowest BCUT2D eigenvalue weighted by Crippen LogP contribution is -2.53. The molecule has 28 heavy (non-hydrogen) atoms. The Morgan fingerprint density at radius 2 is 2.18 bits per heavy atom. The van der Waals surface area contributed by atoms with Crippen LogP contribution < -0.4 is 5.32 Å². The first-order valence-electron chi connectivity index (χ1n) is 9.30. The molecule has 3 rings (SSSR count). The first kappa shape index (κ1) is 19.9. The molecule has 0 aliphatic carbocycles. The molecule has 1 saturated heterocycles. The van der Waals surface area contributed by atoms with E-state index >= 15 is 0 Å². The molecule has 0 radical (unpaired) electrons. The number of hydrogen-bond donors (Lipinski definition) is 1. The van der Waals surface area contributed by atoms with Crippen molar-refractivity contribution in [3.8, 4) is 11.3 Å². The van der Waals surface area contributed by atoms with E-state index < -0.39 is 0 Å². The molecule has 148 valence electrons. The summed E-state index contributed by atoms with van der Waals surface area (Å²) in [6.07, 6.45) is 3.67. The molecule has 2 heterocycles. The Kier molecular flexibility index (Phi) is 6.04. The highest BCUT2D eigenvalue weighted by Crippen LogP contribution is 2.24. The molecule has 0 atom stereocenters. The molecule has 6 nitrogen and oxygen atoms in total. The Morgan fingerprint density at radius 3 is 2.79 bits per heavy atom. The first-order chi connectivity index (χ1) is 13.4. The minimum Gasteiger partial charge on any atom is -0.331 e. The molecule has 1 amide bonds. The molecule has 1 fully saturated rings. The highest BCUT2D eigenvalue weighted by Gasteiger charge is 2.32. The maximum atomic E-state index is 12.4. The number of nitrogens with zero attached hydrogens (tertiary/aromatic N) is 4. The van der Waals surface area contributed by atoms with E-state index in [-0.39, 0.29) is 18.5 Å². The van der Waals surface area contributed by atoms with Crippen LogP contribution in [0.4, 0.5) is 4.39 Å². The number of halogens is 1. The largest absolute Gasteiger partial charge is 0.331 e. The van der Waals surface area contributed by atoms with Crippen LogP contribution in [0.15, 0.2) is 35.2 Å². The van der Waals surface area contributed by atoms with Gasteiger partial charge in [-0.1, -0.05) is 12.1 Å². The zero-order valence-corrected chi connectivity index (χ0v) is 16.6. The number of carbonyl (C=O) groups is 1. The Labute approximate surface area is 164 Å². The third-order valence-corrected chi connectivity index (χ3v) is 5.24. The summed E-state index contributed by atoms with van der Waals surface area (Å²) in [7, 11) is 1.98. The van der Waals surface area contributed by atoms with Crippen LogP contribution in [0, 0.1) is 19.8 Å². The third kappa shape index (κ3) is 4.20. The van der Waals surface area contributed by atoms with E-state index in [1.165, 1.54) is 0 Å². The van der Waals surface area contributed by atoms with Gasteiger partial charge in [0.25, 0.3) is 0 Å². The van der Waals surface area contributed by atoms with Gasteiger partial charge in [-0.25, -0.2) is 14.4 Å². The van der Waals surface area contributed by atoms with E-state index in [1.807, 2.05) is 48.7 Å². The Morgan fingerprint density at radius 1 is 1.43 bits per heavy atom. The lowest BCUT2D eigenvalue weighted by molar-refractivity contribution is -0.129. The molecule has 1 aromatic carbocycles. The predicted molar refractivity (Wildman–Crippen MR) is 110 cm³/mol. The van der Waals surface area contributed by atoms with Gasteiger partial charge in [-0.15, -0.1) is 0 Å². The predicted octanol–water partition coefficient (Wildman–Crippen LogP) is 2.72. The van der Waals surface area contributed by atoms with Gasteiger partial charge in [0.05, 0.1) is 17.8 Å². The van der Waals surface area contributed by atoms with Crippen molar-refractivity contribution >= 4 is 18.7 Å². The van der Waals surface area contributed by atoms with E-state index in [2.05, 4.69) is 34.1 Å². The lowest BCUT2D eigenvalue weighted by Gasteiger charge is -2.37. The number of aliphatic imine (C=N–C) groups is 1. The summed E-state index contributed by atoms with van der Waals surface area (Å²) < 4.78 is 14.4. The molecule has 7 heteroatoms. The topological polar surface area (TPSA) is 62.5 Å². The second-order valence-electron chi connectivity index (χ2n) is 7.14. The highest BCUT2D eigenvalue weighted by molar-refractivity contribution is 5.83. The maximum Gasteiger partial charge on any atom is 0.231 e. The number of aromatic nitrogens is 2. The second-order valence-corrected chi connectivity index (χ2v) is 7.14. The minimum atomic E-state index is -0.389. The fourth-order valence-electron chi connectivity index (χ4n) is 3.26. The van der Waals surface area contributed by atoms with Crippen LogP contribution in [0.5, 0.6) is 0 Å². The van der Waals surface area contributed by atoms with E-state index in [0.29, 0.717) is 25.5 Å². The second kappa shape index (κ2) is 8.48. The van der Waals surface area contributed by atoms with Crippen LogP contribution >= 0.6 is 0 Å². The number of alkyl halides is 1. The monoisotopic (exact) mass is 383 g/mol.